The number of aromatic nitrogens is 1. The molecule has 2 heterocycles. The molecular weight excluding hydrogens is 410 g/mol. The predicted molar refractivity (Wildman–Crippen MR) is 112 cm³/mol. The smallest absolute Gasteiger partial charge is 0.262 e. The molecule has 8 heteroatoms. The van der Waals surface area contributed by atoms with Gasteiger partial charge in [0.2, 0.25) is 5.91 Å². The van der Waals surface area contributed by atoms with E-state index in [0.29, 0.717) is 21.3 Å². The van der Waals surface area contributed by atoms with E-state index in [-0.39, 0.29) is 0 Å². The Morgan fingerprint density at radius 2 is 1.66 bits per heavy atom. The summed E-state index contributed by atoms with van der Waals surface area (Å²) in [4.78, 5) is 44.3. The summed E-state index contributed by atoms with van der Waals surface area (Å²) in [5.41, 5.74) is 2.26. The number of nitrogens with one attached hydrogen (secondary N) is 1. The van der Waals surface area contributed by atoms with Gasteiger partial charge >= 0.3 is 0 Å². The molecule has 6 nitrogen and oxygen atoms in total. The number of aryl methyl sites for hydroxylation is 1. The first-order chi connectivity index (χ1) is 13.9. The maximum atomic E-state index is 12.7. The van der Waals surface area contributed by atoms with Gasteiger partial charge in [-0.25, -0.2) is 4.98 Å². The minimum Gasteiger partial charge on any atom is -0.300 e. The first kappa shape index (κ1) is 19.3. The van der Waals surface area contributed by atoms with Gasteiger partial charge in [0.15, 0.2) is 5.13 Å². The number of carbonyl (C=O) groups excluding carboxylic acids is 3. The molecule has 0 radical (unpaired) electrons. The average molecular weight is 426 g/mol. The molecule has 3 amide bonds. The van der Waals surface area contributed by atoms with E-state index in [1.54, 1.807) is 36.4 Å². The van der Waals surface area contributed by atoms with E-state index in [1.165, 1.54) is 18.3 Å². The van der Waals surface area contributed by atoms with Gasteiger partial charge < -0.3 is 5.32 Å². The number of imide groups is 1. The van der Waals surface area contributed by atoms with E-state index in [0.717, 1.165) is 21.0 Å². The topological polar surface area (TPSA) is 79.4 Å². The predicted octanol–water partition coefficient (Wildman–Crippen LogP) is 4.40. The van der Waals surface area contributed by atoms with Crippen LogP contribution >= 0.6 is 22.9 Å². The van der Waals surface area contributed by atoms with Gasteiger partial charge in [-0.05, 0) is 38.1 Å². The van der Waals surface area contributed by atoms with Crippen molar-refractivity contribution in [2.75, 3.05) is 5.32 Å². The van der Waals surface area contributed by atoms with E-state index in [9.17, 15) is 14.4 Å². The molecule has 3 aromatic rings. The minimum atomic E-state index is -0.967. The van der Waals surface area contributed by atoms with Crippen molar-refractivity contribution in [1.82, 2.24) is 9.88 Å². The second-order valence-corrected chi connectivity index (χ2v) is 8.26. The number of nitrogens with zero attached hydrogens (tertiary/aromatic N) is 2. The first-order valence-electron chi connectivity index (χ1n) is 8.88. The van der Waals surface area contributed by atoms with Gasteiger partial charge in [0.25, 0.3) is 11.8 Å². The van der Waals surface area contributed by atoms with Gasteiger partial charge in [-0.15, -0.1) is 11.3 Å². The van der Waals surface area contributed by atoms with Crippen molar-refractivity contribution in [1.29, 1.82) is 0 Å². The van der Waals surface area contributed by atoms with Crippen molar-refractivity contribution in [2.45, 2.75) is 19.9 Å². The molecule has 1 aromatic heterocycles. The molecule has 0 fully saturated rings. The van der Waals surface area contributed by atoms with E-state index in [2.05, 4.69) is 10.3 Å². The number of benzene rings is 2. The van der Waals surface area contributed by atoms with Gasteiger partial charge in [0, 0.05) is 15.5 Å². The van der Waals surface area contributed by atoms with Gasteiger partial charge in [-0.2, -0.15) is 0 Å². The minimum absolute atomic E-state index is 0.312. The quantitative estimate of drug-likeness (QED) is 0.628. The summed E-state index contributed by atoms with van der Waals surface area (Å²) < 4.78 is 0. The van der Waals surface area contributed by atoms with Gasteiger partial charge in [0.1, 0.15) is 6.04 Å². The summed E-state index contributed by atoms with van der Waals surface area (Å²) in [7, 11) is 0. The molecular formula is C21H16ClN3O3S. The SMILES string of the molecule is Cc1sc(NC(=O)C(C)N2C(=O)c3ccccc3C2=O)nc1-c1ccc(Cl)cc1. The summed E-state index contributed by atoms with van der Waals surface area (Å²) in [5.74, 6) is -1.41. The second kappa shape index (κ2) is 7.42. The summed E-state index contributed by atoms with van der Waals surface area (Å²) >= 11 is 7.26. The number of thiazole rings is 1. The molecule has 146 valence electrons. The van der Waals surface area contributed by atoms with Crippen molar-refractivity contribution in [3.63, 3.8) is 0 Å². The van der Waals surface area contributed by atoms with Crippen LogP contribution in [0, 0.1) is 6.92 Å². The molecule has 4 rings (SSSR count). The Bertz CT molecular complexity index is 1110. The van der Waals surface area contributed by atoms with Crippen LogP contribution in [-0.4, -0.2) is 33.6 Å². The number of anilines is 1. The zero-order chi connectivity index (χ0) is 20.7. The van der Waals surface area contributed by atoms with Crippen molar-refractivity contribution >= 4 is 45.8 Å². The van der Waals surface area contributed by atoms with Crippen LogP contribution in [0.1, 0.15) is 32.5 Å². The number of halogens is 1. The molecule has 0 spiro atoms. The van der Waals surface area contributed by atoms with Crippen LogP contribution < -0.4 is 5.32 Å². The van der Waals surface area contributed by atoms with Crippen LogP contribution in [0.4, 0.5) is 5.13 Å². The molecule has 1 N–H and O–H groups in total. The third-order valence-electron chi connectivity index (χ3n) is 4.74. The Morgan fingerprint density at radius 3 is 2.24 bits per heavy atom. The lowest BCUT2D eigenvalue weighted by Gasteiger charge is -2.21. The molecule has 29 heavy (non-hydrogen) atoms. The maximum Gasteiger partial charge on any atom is 0.262 e. The molecule has 2 aromatic carbocycles. The fourth-order valence-corrected chi connectivity index (χ4v) is 4.18. The Hall–Kier alpha value is -3.03. The lowest BCUT2D eigenvalue weighted by molar-refractivity contribution is -0.119. The van der Waals surface area contributed by atoms with Crippen molar-refractivity contribution in [3.05, 3.63) is 69.6 Å². The largest absolute Gasteiger partial charge is 0.300 e. The third-order valence-corrected chi connectivity index (χ3v) is 5.87. The second-order valence-electron chi connectivity index (χ2n) is 6.62. The Kier molecular flexibility index (Phi) is 4.94. The lowest BCUT2D eigenvalue weighted by atomic mass is 10.1. The molecule has 0 saturated heterocycles. The monoisotopic (exact) mass is 425 g/mol. The number of fused-ring (bicyclic) bond motifs is 1. The zero-order valence-electron chi connectivity index (χ0n) is 15.6. The normalized spacial score (nSPS) is 14.1. The highest BCUT2D eigenvalue weighted by Crippen LogP contribution is 2.31. The van der Waals surface area contributed by atoms with Crippen LogP contribution in [0.2, 0.25) is 5.02 Å². The van der Waals surface area contributed by atoms with E-state index < -0.39 is 23.8 Å². The highest BCUT2D eigenvalue weighted by atomic mass is 35.5. The van der Waals surface area contributed by atoms with Crippen molar-refractivity contribution in [3.8, 4) is 11.3 Å². The van der Waals surface area contributed by atoms with Gasteiger partial charge in [-0.1, -0.05) is 35.9 Å². The van der Waals surface area contributed by atoms with E-state index in [4.69, 9.17) is 11.6 Å². The molecule has 0 bridgehead atoms. The van der Waals surface area contributed by atoms with E-state index in [1.807, 2.05) is 19.1 Å². The Labute approximate surface area is 176 Å². The van der Waals surface area contributed by atoms with Crippen molar-refractivity contribution in [2.24, 2.45) is 0 Å². The lowest BCUT2D eigenvalue weighted by Crippen LogP contribution is -2.45. The molecule has 1 aliphatic heterocycles. The highest BCUT2D eigenvalue weighted by molar-refractivity contribution is 7.16. The number of hydrogen-bond donors (Lipinski definition) is 1. The van der Waals surface area contributed by atoms with Crippen molar-refractivity contribution < 1.29 is 14.4 Å². The van der Waals surface area contributed by atoms with Gasteiger partial charge in [0.05, 0.1) is 16.8 Å². The number of hydrogen-bond acceptors (Lipinski definition) is 5. The number of carbonyl (C=O) groups is 3. The van der Waals surface area contributed by atoms with Crippen LogP contribution in [0.15, 0.2) is 48.5 Å². The summed E-state index contributed by atoms with van der Waals surface area (Å²) in [5, 5.41) is 3.76. The van der Waals surface area contributed by atoms with Crippen LogP contribution in [0.25, 0.3) is 11.3 Å². The van der Waals surface area contributed by atoms with E-state index >= 15 is 0 Å². The summed E-state index contributed by atoms with van der Waals surface area (Å²) in [6.45, 7) is 3.43. The van der Waals surface area contributed by atoms with Gasteiger partial charge in [-0.3, -0.25) is 19.3 Å². The Balaban J connectivity index is 1.53. The van der Waals surface area contributed by atoms with Crippen LogP contribution in [0.3, 0.4) is 0 Å². The molecule has 0 saturated carbocycles. The summed E-state index contributed by atoms with van der Waals surface area (Å²) in [6.07, 6.45) is 0. The zero-order valence-corrected chi connectivity index (χ0v) is 17.2. The standard InChI is InChI=1S/C21H16ClN3O3S/c1-11(25-19(27)15-5-3-4-6-16(15)20(25)28)18(26)24-21-23-17(12(2)29-21)13-7-9-14(22)10-8-13/h3-11H,1-2H3,(H,23,24,26). The average Bonchev–Trinajstić information content (AvgIpc) is 3.19. The number of amides is 3. The highest BCUT2D eigenvalue weighted by Gasteiger charge is 2.40. The maximum absolute atomic E-state index is 12.7. The fourth-order valence-electron chi connectivity index (χ4n) is 3.21. The molecule has 0 aliphatic carbocycles. The molecule has 1 atom stereocenters. The number of rotatable bonds is 4. The Morgan fingerprint density at radius 1 is 1.07 bits per heavy atom. The molecule has 1 aliphatic rings. The first-order valence-corrected chi connectivity index (χ1v) is 10.1. The van der Waals surface area contributed by atoms with Crippen LogP contribution in [-0.2, 0) is 4.79 Å². The third kappa shape index (κ3) is 3.43. The molecule has 1 unspecified atom stereocenters. The summed E-state index contributed by atoms with van der Waals surface area (Å²) in [6, 6.07) is 12.9. The fraction of sp³-hybridized carbons (Fsp3) is 0.143. The van der Waals surface area contributed by atoms with Crippen LogP contribution in [0.5, 0.6) is 0 Å².